The summed E-state index contributed by atoms with van der Waals surface area (Å²) in [6.45, 7) is 2.85. The molecule has 0 fully saturated rings. The van der Waals surface area contributed by atoms with E-state index in [1.807, 2.05) is 0 Å². The normalized spacial score (nSPS) is 10.1. The van der Waals surface area contributed by atoms with Crippen LogP contribution < -0.4 is 0 Å². The molecule has 0 saturated carbocycles. The van der Waals surface area contributed by atoms with Crippen molar-refractivity contribution in [2.75, 3.05) is 0 Å². The Balaban J connectivity index is 0.000000478. The van der Waals surface area contributed by atoms with Gasteiger partial charge in [-0.1, -0.05) is 23.8 Å². The van der Waals surface area contributed by atoms with Crippen molar-refractivity contribution in [3.05, 3.63) is 66.1 Å². The van der Waals surface area contributed by atoms with Crippen molar-refractivity contribution in [2.45, 2.75) is 13.8 Å². The zero-order valence-corrected chi connectivity index (χ0v) is 14.2. The van der Waals surface area contributed by atoms with Gasteiger partial charge >= 0.3 is 0 Å². The first kappa shape index (κ1) is 20.1. The Kier molecular flexibility index (Phi) is 9.11. The molecule has 120 valence electrons. The molecule has 1 N–H and O–H groups in total. The van der Waals surface area contributed by atoms with E-state index in [0.29, 0.717) is 5.69 Å². The molecule has 6 heteroatoms. The predicted octanol–water partition coefficient (Wildman–Crippen LogP) is 3.86. The molecule has 0 amide bonds. The van der Waals surface area contributed by atoms with Crippen LogP contribution in [0.3, 0.4) is 0 Å². The summed E-state index contributed by atoms with van der Waals surface area (Å²) >= 11 is 0. The van der Waals surface area contributed by atoms with Gasteiger partial charge in [0.25, 0.3) is 0 Å². The minimum Gasteiger partial charge on any atom is -0.512 e. The molecular weight excluding hydrogens is 471 g/mol. The minimum atomic E-state index is -0.649. The number of ketones is 1. The van der Waals surface area contributed by atoms with Crippen molar-refractivity contribution < 1.29 is 39.7 Å². The van der Waals surface area contributed by atoms with Crippen LogP contribution in [0.4, 0.5) is 8.78 Å². The van der Waals surface area contributed by atoms with Crippen molar-refractivity contribution >= 4 is 5.78 Å². The molecule has 2 rings (SSSR count). The van der Waals surface area contributed by atoms with Gasteiger partial charge in [0.05, 0.1) is 5.76 Å². The molecule has 0 aliphatic rings. The molecule has 2 aromatic rings. The largest absolute Gasteiger partial charge is 0.512 e. The maximum Gasteiger partial charge on any atom is 0.155 e. The van der Waals surface area contributed by atoms with E-state index in [1.54, 1.807) is 24.4 Å². The molecule has 22 heavy (non-hydrogen) atoms. The van der Waals surface area contributed by atoms with Crippen molar-refractivity contribution in [3.63, 3.8) is 0 Å². The number of hydrogen-bond acceptors (Lipinski definition) is 3. The molecule has 0 bridgehead atoms. The maximum atomic E-state index is 13.2. The summed E-state index contributed by atoms with van der Waals surface area (Å²) in [6.07, 6.45) is 2.71. The number of halogens is 2. The van der Waals surface area contributed by atoms with Crippen LogP contribution in [0.25, 0.3) is 11.3 Å². The Labute approximate surface area is 142 Å². The van der Waals surface area contributed by atoms with Crippen molar-refractivity contribution in [2.24, 2.45) is 0 Å². The standard InChI is InChI=1S/C11H6F2N.C5H8O2.Pt/c12-8-4-5-9(10(13)7-8)11-3-1-2-6-14-11;1-4(6)3-5(2)7;/h1-4,6-7H;3,6H,1-2H3;/q-1;;. The van der Waals surface area contributed by atoms with E-state index in [0.717, 1.165) is 12.1 Å². The molecule has 1 heterocycles. The fourth-order valence-corrected chi connectivity index (χ4v) is 1.45. The molecule has 3 nitrogen and oxygen atoms in total. The van der Waals surface area contributed by atoms with Crippen LogP contribution in [0.5, 0.6) is 0 Å². The van der Waals surface area contributed by atoms with Crippen LogP contribution in [0, 0.1) is 17.7 Å². The Hall–Kier alpha value is -1.87. The van der Waals surface area contributed by atoms with Gasteiger partial charge in [-0.2, -0.15) is 0 Å². The summed E-state index contributed by atoms with van der Waals surface area (Å²) in [7, 11) is 0. The first-order chi connectivity index (χ1) is 9.90. The number of allylic oxidation sites excluding steroid dienone is 2. The topological polar surface area (TPSA) is 50.2 Å². The number of carbonyl (C=O) groups excluding carboxylic acids is 1. The first-order valence-corrected chi connectivity index (χ1v) is 6.06. The summed E-state index contributed by atoms with van der Waals surface area (Å²) in [6, 6.07) is 9.53. The van der Waals surface area contributed by atoms with E-state index < -0.39 is 11.6 Å². The molecule has 0 radical (unpaired) electrons. The molecule has 0 aliphatic carbocycles. The van der Waals surface area contributed by atoms with Crippen LogP contribution in [0.15, 0.2) is 48.4 Å². The van der Waals surface area contributed by atoms with Gasteiger partial charge in [-0.15, -0.1) is 12.1 Å². The minimum absolute atomic E-state index is 0. The number of benzene rings is 1. The van der Waals surface area contributed by atoms with Crippen molar-refractivity contribution in [3.8, 4) is 11.3 Å². The average molecular weight is 485 g/mol. The fraction of sp³-hybridized carbons (Fsp3) is 0.125. The number of carbonyl (C=O) groups is 1. The summed E-state index contributed by atoms with van der Waals surface area (Å²) in [5.41, 5.74) is 0.636. The molecule has 0 saturated heterocycles. The molecule has 1 aromatic heterocycles. The average Bonchev–Trinajstić information content (AvgIpc) is 2.38. The molecule has 0 aliphatic heterocycles. The third-order valence-corrected chi connectivity index (χ3v) is 2.19. The van der Waals surface area contributed by atoms with Crippen LogP contribution in [0.2, 0.25) is 0 Å². The van der Waals surface area contributed by atoms with E-state index in [9.17, 15) is 13.6 Å². The van der Waals surface area contributed by atoms with Crippen LogP contribution in [-0.2, 0) is 25.9 Å². The van der Waals surface area contributed by atoms with Gasteiger partial charge in [0.15, 0.2) is 5.78 Å². The van der Waals surface area contributed by atoms with E-state index in [2.05, 4.69) is 11.1 Å². The van der Waals surface area contributed by atoms with Gasteiger partial charge in [0, 0.05) is 45.0 Å². The second-order valence-corrected chi connectivity index (χ2v) is 4.15. The number of aliphatic hydroxyl groups is 1. The molecule has 0 unspecified atom stereocenters. The van der Waals surface area contributed by atoms with E-state index in [1.165, 1.54) is 19.9 Å². The number of rotatable bonds is 2. The zero-order valence-electron chi connectivity index (χ0n) is 11.9. The number of aliphatic hydroxyl groups excluding tert-OH is 1. The monoisotopic (exact) mass is 485 g/mol. The van der Waals surface area contributed by atoms with Crippen LogP contribution in [0.1, 0.15) is 13.8 Å². The number of hydrogen-bond donors (Lipinski definition) is 1. The maximum absolute atomic E-state index is 13.2. The molecule has 1 aromatic carbocycles. The Morgan fingerprint density at radius 1 is 1.32 bits per heavy atom. The van der Waals surface area contributed by atoms with Crippen LogP contribution in [-0.4, -0.2) is 15.9 Å². The Bertz CT molecular complexity index is 642. The second kappa shape index (κ2) is 9.96. The number of pyridine rings is 1. The van der Waals surface area contributed by atoms with Crippen molar-refractivity contribution in [1.82, 2.24) is 4.98 Å². The molecular formula is C16H14F2NO2Pt-. The SMILES string of the molecule is CC(=O)C=C(C)O.Fc1c[c-]c(-c2ccccn2)c(F)c1.[Pt]. The van der Waals surface area contributed by atoms with Gasteiger partial charge in [-0.05, 0) is 25.6 Å². The summed E-state index contributed by atoms with van der Waals surface area (Å²) in [5.74, 6) is -1.35. The Morgan fingerprint density at radius 3 is 2.41 bits per heavy atom. The molecule has 0 spiro atoms. The predicted molar refractivity (Wildman–Crippen MR) is 75.5 cm³/mol. The number of nitrogens with zero attached hydrogens (tertiary/aromatic N) is 1. The Morgan fingerprint density at radius 2 is 2.00 bits per heavy atom. The zero-order chi connectivity index (χ0) is 15.8. The van der Waals surface area contributed by atoms with Gasteiger partial charge in [-0.25, -0.2) is 0 Å². The van der Waals surface area contributed by atoms with Gasteiger partial charge in [0.2, 0.25) is 0 Å². The third kappa shape index (κ3) is 7.23. The van der Waals surface area contributed by atoms with E-state index >= 15 is 0 Å². The van der Waals surface area contributed by atoms with E-state index in [-0.39, 0.29) is 38.2 Å². The second-order valence-electron chi connectivity index (χ2n) is 4.15. The van der Waals surface area contributed by atoms with Gasteiger partial charge < -0.3 is 10.1 Å². The first-order valence-electron chi connectivity index (χ1n) is 6.06. The van der Waals surface area contributed by atoms with Crippen molar-refractivity contribution in [1.29, 1.82) is 0 Å². The van der Waals surface area contributed by atoms with Crippen LogP contribution >= 0.6 is 0 Å². The van der Waals surface area contributed by atoms with E-state index in [4.69, 9.17) is 5.11 Å². The fourth-order valence-electron chi connectivity index (χ4n) is 1.45. The van der Waals surface area contributed by atoms with Gasteiger partial charge in [-0.3, -0.25) is 13.6 Å². The smallest absolute Gasteiger partial charge is 0.155 e. The number of aromatic nitrogens is 1. The van der Waals surface area contributed by atoms with Gasteiger partial charge in [0.1, 0.15) is 0 Å². The third-order valence-electron chi connectivity index (χ3n) is 2.19. The quantitative estimate of drug-likeness (QED) is 0.400. The molecule has 0 atom stereocenters. The summed E-state index contributed by atoms with van der Waals surface area (Å²) in [5, 5.41) is 8.36. The summed E-state index contributed by atoms with van der Waals surface area (Å²) < 4.78 is 25.8. The summed E-state index contributed by atoms with van der Waals surface area (Å²) in [4.78, 5) is 14.0.